The van der Waals surface area contributed by atoms with Crippen molar-refractivity contribution in [1.29, 1.82) is 0 Å². The summed E-state index contributed by atoms with van der Waals surface area (Å²) in [5.41, 5.74) is 0. The fraction of sp³-hybridized carbons (Fsp3) is 0.794. The molecule has 0 saturated carbocycles. The van der Waals surface area contributed by atoms with E-state index in [2.05, 4.69) is 43.5 Å². The molecule has 9 heteroatoms. The summed E-state index contributed by atoms with van der Waals surface area (Å²) in [5.74, 6) is -0.198. The molecule has 0 aliphatic heterocycles. The van der Waals surface area contributed by atoms with Crippen molar-refractivity contribution in [2.75, 3.05) is 40.9 Å². The predicted octanol–water partition coefficient (Wildman–Crippen LogP) is 8.01. The second kappa shape index (κ2) is 27.1. The van der Waals surface area contributed by atoms with E-state index in [0.717, 1.165) is 51.4 Å². The van der Waals surface area contributed by atoms with E-state index in [1.54, 1.807) is 6.08 Å². The Balaban J connectivity index is 4.29. The fourth-order valence-corrected chi connectivity index (χ4v) is 5.02. The number of nitrogens with one attached hydrogen (secondary N) is 1. The molecule has 0 radical (unpaired) electrons. The smallest absolute Gasteiger partial charge is 0.387 e. The zero-order chi connectivity index (χ0) is 32.2. The van der Waals surface area contributed by atoms with Crippen LogP contribution in [0.2, 0.25) is 0 Å². The molecule has 0 saturated heterocycles. The third kappa shape index (κ3) is 29.2. The van der Waals surface area contributed by atoms with Gasteiger partial charge in [0.15, 0.2) is 0 Å². The predicted molar refractivity (Wildman–Crippen MR) is 180 cm³/mol. The fourth-order valence-electron chi connectivity index (χ4n) is 4.29. The minimum atomic E-state index is -4.31. The first-order chi connectivity index (χ1) is 20.5. The van der Waals surface area contributed by atoms with Crippen LogP contribution in [0.1, 0.15) is 123 Å². The van der Waals surface area contributed by atoms with Gasteiger partial charge in [-0.25, -0.2) is 4.57 Å². The quantitative estimate of drug-likeness (QED) is 0.0335. The summed E-state index contributed by atoms with van der Waals surface area (Å²) in [6.07, 6.45) is 29.7. The Labute approximate surface area is 264 Å². The summed E-state index contributed by atoms with van der Waals surface area (Å²) in [6.45, 7) is 4.59. The molecule has 0 aromatic rings. The maximum atomic E-state index is 12.6. The van der Waals surface area contributed by atoms with Gasteiger partial charge in [-0.15, -0.1) is 0 Å². The van der Waals surface area contributed by atoms with Crippen molar-refractivity contribution in [3.8, 4) is 0 Å². The zero-order valence-corrected chi connectivity index (χ0v) is 29.1. The number of unbranched alkanes of at least 4 members (excludes halogenated alkanes) is 12. The van der Waals surface area contributed by atoms with Gasteiger partial charge < -0.3 is 19.8 Å². The number of carbonyl (C=O) groups excluding carboxylic acids is 1. The zero-order valence-electron chi connectivity index (χ0n) is 28.2. The lowest BCUT2D eigenvalue weighted by Gasteiger charge is -2.25. The molecule has 43 heavy (non-hydrogen) atoms. The number of likely N-dealkylation sites (N-methyl/N-ethyl adjacent to an activating group) is 1. The minimum absolute atomic E-state index is 0.0575. The number of rotatable bonds is 29. The van der Waals surface area contributed by atoms with Crippen LogP contribution in [-0.2, 0) is 18.4 Å². The Morgan fingerprint density at radius 3 is 1.95 bits per heavy atom. The summed E-state index contributed by atoms with van der Waals surface area (Å²) in [5, 5.41) is 13.5. The van der Waals surface area contributed by atoms with Crippen molar-refractivity contribution in [1.82, 2.24) is 5.32 Å². The number of hydrogen-bond donors (Lipinski definition) is 3. The number of aliphatic hydroxyl groups excluding tert-OH is 1. The number of phosphoric acid groups is 1. The molecule has 0 aromatic carbocycles. The van der Waals surface area contributed by atoms with Crippen LogP contribution in [0, 0.1) is 0 Å². The Bertz CT molecular complexity index is 809. The molecule has 0 heterocycles. The third-order valence-corrected chi connectivity index (χ3v) is 8.09. The second-order valence-corrected chi connectivity index (χ2v) is 14.0. The summed E-state index contributed by atoms with van der Waals surface area (Å²) >= 11 is 0. The van der Waals surface area contributed by atoms with E-state index in [9.17, 15) is 19.4 Å². The number of phosphoric ester groups is 1. The Kier molecular flexibility index (Phi) is 26.3. The van der Waals surface area contributed by atoms with E-state index in [1.165, 1.54) is 51.4 Å². The number of nitrogens with zero attached hydrogens (tertiary/aromatic N) is 1. The maximum Gasteiger partial charge on any atom is 0.472 e. The van der Waals surface area contributed by atoms with Gasteiger partial charge in [0.05, 0.1) is 39.9 Å². The summed E-state index contributed by atoms with van der Waals surface area (Å²) in [6, 6.07) is -0.844. The molecule has 0 fully saturated rings. The number of hydrogen-bond acceptors (Lipinski definition) is 5. The molecule has 1 amide bonds. The highest BCUT2D eigenvalue weighted by atomic mass is 31.2. The molecule has 0 rings (SSSR count). The molecule has 3 N–H and O–H groups in total. The van der Waals surface area contributed by atoms with Gasteiger partial charge in [0.2, 0.25) is 5.91 Å². The van der Waals surface area contributed by atoms with Crippen molar-refractivity contribution in [2.45, 2.75) is 135 Å². The lowest BCUT2D eigenvalue weighted by molar-refractivity contribution is -0.870. The van der Waals surface area contributed by atoms with E-state index in [4.69, 9.17) is 9.05 Å². The molecular weight excluding hydrogens is 563 g/mol. The average Bonchev–Trinajstić information content (AvgIpc) is 2.94. The third-order valence-electron chi connectivity index (χ3n) is 7.10. The van der Waals surface area contributed by atoms with Crippen LogP contribution in [0.15, 0.2) is 36.5 Å². The van der Waals surface area contributed by atoms with E-state index in [-0.39, 0.29) is 19.1 Å². The Hall–Kier alpha value is -1.28. The van der Waals surface area contributed by atoms with E-state index in [1.807, 2.05) is 27.2 Å². The van der Waals surface area contributed by atoms with Gasteiger partial charge >= 0.3 is 7.82 Å². The van der Waals surface area contributed by atoms with Crippen LogP contribution in [0.5, 0.6) is 0 Å². The monoisotopic (exact) mass is 629 g/mol. The standard InChI is InChI=1S/C34H65N2O6P/c1-6-8-10-12-13-14-15-16-17-18-19-20-21-22-23-24-26-28-34(38)35-32(33(37)27-25-11-9-7-2)31-42-43(39,40)41-30-29-36(3,4)5/h13-14,16-17,25,27,32-33,37H,6-12,15,18-24,26,28-31H2,1-5H3,(H-,35,38,39,40)/p+1/b14-13-,17-16-,27-25+. The lowest BCUT2D eigenvalue weighted by Crippen LogP contribution is -2.45. The minimum Gasteiger partial charge on any atom is -0.387 e. The molecule has 0 bridgehead atoms. The SMILES string of the molecule is CCCC/C=C/C(O)C(COP(=O)(O)OCC[N+](C)(C)C)NC(=O)CCCCCCCCC/C=C\C/C=C\CCCCC. The van der Waals surface area contributed by atoms with E-state index < -0.39 is 20.0 Å². The van der Waals surface area contributed by atoms with Gasteiger partial charge in [0.1, 0.15) is 13.2 Å². The Morgan fingerprint density at radius 2 is 1.35 bits per heavy atom. The van der Waals surface area contributed by atoms with Crippen LogP contribution in [0.4, 0.5) is 0 Å². The highest BCUT2D eigenvalue weighted by molar-refractivity contribution is 7.47. The first kappa shape index (κ1) is 41.7. The lowest BCUT2D eigenvalue weighted by atomic mass is 10.1. The maximum absolute atomic E-state index is 12.6. The van der Waals surface area contributed by atoms with Crippen molar-refractivity contribution in [3.05, 3.63) is 36.5 Å². The molecule has 3 unspecified atom stereocenters. The van der Waals surface area contributed by atoms with Gasteiger partial charge in [-0.1, -0.05) is 108 Å². The summed E-state index contributed by atoms with van der Waals surface area (Å²) in [4.78, 5) is 22.7. The average molecular weight is 630 g/mol. The molecule has 0 aliphatic carbocycles. The van der Waals surface area contributed by atoms with Gasteiger partial charge in [0.25, 0.3) is 0 Å². The molecule has 252 valence electrons. The number of quaternary nitrogens is 1. The largest absolute Gasteiger partial charge is 0.472 e. The van der Waals surface area contributed by atoms with Crippen molar-refractivity contribution < 1.29 is 32.9 Å². The van der Waals surface area contributed by atoms with Gasteiger partial charge in [0, 0.05) is 6.42 Å². The number of aliphatic hydroxyl groups is 1. The van der Waals surface area contributed by atoms with E-state index in [0.29, 0.717) is 17.4 Å². The van der Waals surface area contributed by atoms with Gasteiger partial charge in [-0.3, -0.25) is 13.8 Å². The van der Waals surface area contributed by atoms with Crippen LogP contribution in [-0.4, -0.2) is 73.4 Å². The van der Waals surface area contributed by atoms with Crippen LogP contribution >= 0.6 is 7.82 Å². The van der Waals surface area contributed by atoms with Crippen molar-refractivity contribution in [2.24, 2.45) is 0 Å². The number of amides is 1. The topological polar surface area (TPSA) is 105 Å². The van der Waals surface area contributed by atoms with E-state index >= 15 is 0 Å². The molecule has 8 nitrogen and oxygen atoms in total. The number of allylic oxidation sites excluding steroid dienone is 5. The number of carbonyl (C=O) groups is 1. The van der Waals surface area contributed by atoms with Crippen LogP contribution < -0.4 is 5.32 Å². The van der Waals surface area contributed by atoms with Gasteiger partial charge in [-0.2, -0.15) is 0 Å². The van der Waals surface area contributed by atoms with Crippen molar-refractivity contribution in [3.63, 3.8) is 0 Å². The highest BCUT2D eigenvalue weighted by Crippen LogP contribution is 2.43. The molecular formula is C34H66N2O6P+. The summed E-state index contributed by atoms with van der Waals surface area (Å²) in [7, 11) is 1.55. The highest BCUT2D eigenvalue weighted by Gasteiger charge is 2.27. The first-order valence-corrected chi connectivity index (χ1v) is 18.4. The van der Waals surface area contributed by atoms with Crippen LogP contribution in [0.25, 0.3) is 0 Å². The normalized spacial score (nSPS) is 15.4. The second-order valence-electron chi connectivity index (χ2n) is 12.5. The van der Waals surface area contributed by atoms with Crippen LogP contribution in [0.3, 0.4) is 0 Å². The summed E-state index contributed by atoms with van der Waals surface area (Å²) < 4.78 is 23.2. The van der Waals surface area contributed by atoms with Gasteiger partial charge in [-0.05, 0) is 44.9 Å². The molecule has 3 atom stereocenters. The Morgan fingerprint density at radius 1 is 0.791 bits per heavy atom. The first-order valence-electron chi connectivity index (χ1n) is 16.9. The molecule has 0 aromatic heterocycles. The molecule has 0 spiro atoms. The molecule has 0 aliphatic rings. The van der Waals surface area contributed by atoms with Crippen molar-refractivity contribution >= 4 is 13.7 Å².